The first kappa shape index (κ1) is 12.1. The van der Waals surface area contributed by atoms with Crippen molar-refractivity contribution in [2.45, 2.75) is 27.3 Å². The third-order valence-corrected chi connectivity index (χ3v) is 2.91. The molecule has 0 radical (unpaired) electrons. The Hall–Kier alpha value is -1.02. The minimum absolute atomic E-state index is 0.721. The predicted octanol–water partition coefficient (Wildman–Crippen LogP) is 2.65. The van der Waals surface area contributed by atoms with Gasteiger partial charge in [0.1, 0.15) is 0 Å². The van der Waals surface area contributed by atoms with Crippen LogP contribution in [0, 0.1) is 11.8 Å². The van der Waals surface area contributed by atoms with Crippen LogP contribution in [-0.4, -0.2) is 6.54 Å². The Morgan fingerprint density at radius 3 is 2.27 bits per heavy atom. The molecule has 0 aromatic heterocycles. The number of nitrogen functional groups attached to an aromatic ring is 1. The van der Waals surface area contributed by atoms with Crippen LogP contribution in [0.1, 0.15) is 26.3 Å². The van der Waals surface area contributed by atoms with Crippen LogP contribution in [0.2, 0.25) is 0 Å². The van der Waals surface area contributed by atoms with E-state index in [4.69, 9.17) is 5.73 Å². The number of benzene rings is 1. The molecule has 1 aromatic carbocycles. The zero-order chi connectivity index (χ0) is 11.3. The fraction of sp³-hybridized carbons (Fsp3) is 0.538. The number of hydrogen-bond donors (Lipinski definition) is 2. The first-order valence-electron chi connectivity index (χ1n) is 5.64. The normalized spacial score (nSPS) is 13.1. The number of rotatable bonds is 5. The number of anilines is 1. The van der Waals surface area contributed by atoms with E-state index >= 15 is 0 Å². The third-order valence-electron chi connectivity index (χ3n) is 2.91. The van der Waals surface area contributed by atoms with Crippen molar-refractivity contribution in [2.24, 2.45) is 11.8 Å². The Morgan fingerprint density at radius 2 is 1.73 bits per heavy atom. The molecule has 0 aliphatic carbocycles. The lowest BCUT2D eigenvalue weighted by atomic mass is 9.98. The quantitative estimate of drug-likeness (QED) is 0.727. The zero-order valence-corrected chi connectivity index (χ0v) is 9.96. The Morgan fingerprint density at radius 1 is 1.13 bits per heavy atom. The van der Waals surface area contributed by atoms with Crippen LogP contribution in [0.15, 0.2) is 24.3 Å². The van der Waals surface area contributed by atoms with E-state index in [1.807, 2.05) is 12.1 Å². The van der Waals surface area contributed by atoms with Crippen LogP contribution >= 0.6 is 0 Å². The van der Waals surface area contributed by atoms with Crippen molar-refractivity contribution in [1.29, 1.82) is 0 Å². The van der Waals surface area contributed by atoms with Crippen LogP contribution in [0.4, 0.5) is 5.69 Å². The van der Waals surface area contributed by atoms with Gasteiger partial charge in [0.05, 0.1) is 0 Å². The van der Waals surface area contributed by atoms with Gasteiger partial charge in [0.25, 0.3) is 0 Å². The van der Waals surface area contributed by atoms with Gasteiger partial charge in [-0.2, -0.15) is 0 Å². The zero-order valence-electron chi connectivity index (χ0n) is 9.96. The standard InChI is InChI=1S/C13H22N2/c1-10(2)11(3)8-15-9-12-4-6-13(14)7-5-12/h4-7,10-11,15H,8-9,14H2,1-3H3. The lowest BCUT2D eigenvalue weighted by Crippen LogP contribution is -2.23. The number of hydrogen-bond acceptors (Lipinski definition) is 2. The molecule has 3 N–H and O–H groups in total. The molecule has 1 unspecified atom stereocenters. The number of nitrogens with one attached hydrogen (secondary N) is 1. The summed E-state index contributed by atoms with van der Waals surface area (Å²) in [7, 11) is 0. The van der Waals surface area contributed by atoms with E-state index in [9.17, 15) is 0 Å². The van der Waals surface area contributed by atoms with Crippen LogP contribution in [-0.2, 0) is 6.54 Å². The summed E-state index contributed by atoms with van der Waals surface area (Å²) >= 11 is 0. The third kappa shape index (κ3) is 4.34. The van der Waals surface area contributed by atoms with Gasteiger partial charge in [-0.05, 0) is 36.1 Å². The van der Waals surface area contributed by atoms with E-state index in [0.717, 1.165) is 30.6 Å². The van der Waals surface area contributed by atoms with Crippen LogP contribution in [0.5, 0.6) is 0 Å². The molecule has 0 aliphatic rings. The Labute approximate surface area is 92.9 Å². The van der Waals surface area contributed by atoms with Gasteiger partial charge in [0, 0.05) is 12.2 Å². The minimum atomic E-state index is 0.721. The molecular weight excluding hydrogens is 184 g/mol. The summed E-state index contributed by atoms with van der Waals surface area (Å²) < 4.78 is 0. The van der Waals surface area contributed by atoms with Gasteiger partial charge in [0.15, 0.2) is 0 Å². The van der Waals surface area contributed by atoms with Gasteiger partial charge < -0.3 is 11.1 Å². The first-order valence-corrected chi connectivity index (χ1v) is 5.64. The van der Waals surface area contributed by atoms with E-state index in [1.165, 1.54) is 5.56 Å². The maximum atomic E-state index is 5.62. The Balaban J connectivity index is 2.29. The molecule has 0 saturated heterocycles. The molecule has 0 saturated carbocycles. The van der Waals surface area contributed by atoms with Crippen molar-refractivity contribution in [3.8, 4) is 0 Å². The molecular formula is C13H22N2. The SMILES string of the molecule is CC(C)C(C)CNCc1ccc(N)cc1. The van der Waals surface area contributed by atoms with Crippen LogP contribution in [0.3, 0.4) is 0 Å². The van der Waals surface area contributed by atoms with Crippen LogP contribution < -0.4 is 11.1 Å². The molecule has 0 amide bonds. The molecule has 0 aliphatic heterocycles. The summed E-state index contributed by atoms with van der Waals surface area (Å²) in [5.41, 5.74) is 7.74. The first-order chi connectivity index (χ1) is 7.09. The average Bonchev–Trinajstić information content (AvgIpc) is 2.20. The van der Waals surface area contributed by atoms with Crippen molar-refractivity contribution in [3.05, 3.63) is 29.8 Å². The van der Waals surface area contributed by atoms with Gasteiger partial charge in [-0.25, -0.2) is 0 Å². The van der Waals surface area contributed by atoms with Crippen molar-refractivity contribution >= 4 is 5.69 Å². The smallest absolute Gasteiger partial charge is 0.0314 e. The van der Waals surface area contributed by atoms with Gasteiger partial charge in [0.2, 0.25) is 0 Å². The van der Waals surface area contributed by atoms with E-state index < -0.39 is 0 Å². The molecule has 0 spiro atoms. The summed E-state index contributed by atoms with van der Waals surface area (Å²) in [5.74, 6) is 1.46. The summed E-state index contributed by atoms with van der Waals surface area (Å²) in [4.78, 5) is 0. The molecule has 0 heterocycles. The summed E-state index contributed by atoms with van der Waals surface area (Å²) in [6.07, 6.45) is 0. The lowest BCUT2D eigenvalue weighted by molar-refractivity contribution is 0.392. The maximum Gasteiger partial charge on any atom is 0.0314 e. The summed E-state index contributed by atoms with van der Waals surface area (Å²) in [6, 6.07) is 8.04. The van der Waals surface area contributed by atoms with Gasteiger partial charge >= 0.3 is 0 Å². The molecule has 1 aromatic rings. The highest BCUT2D eigenvalue weighted by molar-refractivity contribution is 5.39. The topological polar surface area (TPSA) is 38.0 Å². The average molecular weight is 206 g/mol. The van der Waals surface area contributed by atoms with E-state index in [1.54, 1.807) is 0 Å². The van der Waals surface area contributed by atoms with E-state index in [-0.39, 0.29) is 0 Å². The predicted molar refractivity (Wildman–Crippen MR) is 66.6 cm³/mol. The second-order valence-electron chi connectivity index (χ2n) is 4.59. The second-order valence-corrected chi connectivity index (χ2v) is 4.59. The van der Waals surface area contributed by atoms with E-state index in [2.05, 4.69) is 38.2 Å². The van der Waals surface area contributed by atoms with Crippen molar-refractivity contribution in [3.63, 3.8) is 0 Å². The summed E-state index contributed by atoms with van der Waals surface area (Å²) in [6.45, 7) is 8.80. The molecule has 2 heteroatoms. The molecule has 0 fully saturated rings. The molecule has 84 valence electrons. The highest BCUT2D eigenvalue weighted by Gasteiger charge is 2.05. The Kier molecular flexibility index (Phi) is 4.63. The summed E-state index contributed by atoms with van der Waals surface area (Å²) in [5, 5.41) is 3.46. The number of nitrogens with two attached hydrogens (primary N) is 1. The Bertz CT molecular complexity index is 277. The monoisotopic (exact) mass is 206 g/mol. The highest BCUT2D eigenvalue weighted by atomic mass is 14.9. The fourth-order valence-electron chi connectivity index (χ4n) is 1.32. The maximum absolute atomic E-state index is 5.62. The largest absolute Gasteiger partial charge is 0.399 e. The molecule has 15 heavy (non-hydrogen) atoms. The minimum Gasteiger partial charge on any atom is -0.399 e. The second kappa shape index (κ2) is 5.76. The van der Waals surface area contributed by atoms with Crippen molar-refractivity contribution < 1.29 is 0 Å². The molecule has 1 atom stereocenters. The fourth-order valence-corrected chi connectivity index (χ4v) is 1.32. The van der Waals surface area contributed by atoms with Crippen molar-refractivity contribution in [1.82, 2.24) is 5.32 Å². The van der Waals surface area contributed by atoms with Gasteiger partial charge in [-0.1, -0.05) is 32.9 Å². The van der Waals surface area contributed by atoms with E-state index in [0.29, 0.717) is 0 Å². The highest BCUT2D eigenvalue weighted by Crippen LogP contribution is 2.09. The van der Waals surface area contributed by atoms with Gasteiger partial charge in [-0.15, -0.1) is 0 Å². The van der Waals surface area contributed by atoms with Crippen LogP contribution in [0.25, 0.3) is 0 Å². The molecule has 0 bridgehead atoms. The molecule has 2 nitrogen and oxygen atoms in total. The van der Waals surface area contributed by atoms with Gasteiger partial charge in [-0.3, -0.25) is 0 Å². The molecule has 1 rings (SSSR count). The van der Waals surface area contributed by atoms with Crippen molar-refractivity contribution in [2.75, 3.05) is 12.3 Å². The lowest BCUT2D eigenvalue weighted by Gasteiger charge is -2.16.